The third kappa shape index (κ3) is 3.76. The second-order valence-electron chi connectivity index (χ2n) is 6.97. The van der Waals surface area contributed by atoms with Crippen LogP contribution in [0.2, 0.25) is 0 Å². The van der Waals surface area contributed by atoms with Gasteiger partial charge in [0.25, 0.3) is 0 Å². The van der Waals surface area contributed by atoms with Gasteiger partial charge in [-0.15, -0.1) is 0 Å². The van der Waals surface area contributed by atoms with Gasteiger partial charge in [-0.25, -0.2) is 0 Å². The maximum Gasteiger partial charge on any atom is 0.228 e. The number of aliphatic hydroxyl groups is 1. The van der Waals surface area contributed by atoms with Gasteiger partial charge in [-0.2, -0.15) is 4.98 Å². The van der Waals surface area contributed by atoms with Crippen LogP contribution in [0.1, 0.15) is 25.2 Å². The molecule has 4 rings (SSSR count). The molecule has 2 aliphatic rings. The van der Waals surface area contributed by atoms with E-state index in [1.165, 1.54) is 6.42 Å². The van der Waals surface area contributed by atoms with Crippen LogP contribution in [-0.4, -0.2) is 58.6 Å². The van der Waals surface area contributed by atoms with Crippen LogP contribution in [0.5, 0.6) is 0 Å². The molecule has 0 radical (unpaired) electrons. The van der Waals surface area contributed by atoms with Crippen molar-refractivity contribution >= 4 is 0 Å². The van der Waals surface area contributed by atoms with Crippen LogP contribution in [0.25, 0.3) is 11.4 Å². The molecule has 0 aliphatic carbocycles. The maximum atomic E-state index is 10.3. The van der Waals surface area contributed by atoms with Crippen molar-refractivity contribution in [1.82, 2.24) is 15.0 Å². The third-order valence-electron chi connectivity index (χ3n) is 5.38. The zero-order chi connectivity index (χ0) is 17.1. The first-order chi connectivity index (χ1) is 12.3. The van der Waals surface area contributed by atoms with E-state index >= 15 is 0 Å². The molecule has 2 aliphatic heterocycles. The molecule has 25 heavy (non-hydrogen) atoms. The van der Waals surface area contributed by atoms with Crippen LogP contribution in [-0.2, 0) is 11.2 Å². The van der Waals surface area contributed by atoms with E-state index in [4.69, 9.17) is 9.26 Å². The molecule has 0 amide bonds. The van der Waals surface area contributed by atoms with Gasteiger partial charge in [-0.05, 0) is 25.8 Å². The van der Waals surface area contributed by atoms with Gasteiger partial charge in [-0.3, -0.25) is 4.90 Å². The molecular weight excluding hydrogens is 318 g/mol. The molecule has 1 aromatic carbocycles. The zero-order valence-corrected chi connectivity index (χ0v) is 14.4. The fraction of sp³-hybridized carbons (Fsp3) is 0.579. The van der Waals surface area contributed by atoms with Crippen LogP contribution in [0.3, 0.4) is 0 Å². The quantitative estimate of drug-likeness (QED) is 0.897. The second-order valence-corrected chi connectivity index (χ2v) is 6.97. The Bertz CT molecular complexity index is 676. The van der Waals surface area contributed by atoms with Crippen molar-refractivity contribution in [2.45, 2.75) is 37.8 Å². The van der Waals surface area contributed by atoms with Crippen LogP contribution in [0.4, 0.5) is 0 Å². The molecule has 0 spiro atoms. The number of aliphatic hydroxyl groups excluding tert-OH is 1. The van der Waals surface area contributed by atoms with Gasteiger partial charge in [0, 0.05) is 37.1 Å². The van der Waals surface area contributed by atoms with Gasteiger partial charge in [0.1, 0.15) is 0 Å². The zero-order valence-electron chi connectivity index (χ0n) is 14.4. The molecule has 2 aromatic rings. The normalized spacial score (nSPS) is 27.6. The molecule has 3 atom stereocenters. The Hall–Kier alpha value is -1.76. The molecule has 6 heteroatoms. The van der Waals surface area contributed by atoms with E-state index in [1.807, 2.05) is 30.3 Å². The predicted octanol–water partition coefficient (Wildman–Crippen LogP) is 2.14. The molecule has 0 bridgehead atoms. The highest BCUT2D eigenvalue weighted by atomic mass is 16.5. The van der Waals surface area contributed by atoms with Gasteiger partial charge in [0.15, 0.2) is 0 Å². The minimum absolute atomic E-state index is 0.221. The number of nitrogens with zero attached hydrogens (tertiary/aromatic N) is 3. The van der Waals surface area contributed by atoms with Crippen molar-refractivity contribution in [1.29, 1.82) is 0 Å². The lowest BCUT2D eigenvalue weighted by Gasteiger charge is -2.36. The van der Waals surface area contributed by atoms with Crippen molar-refractivity contribution in [2.75, 3.05) is 26.3 Å². The lowest BCUT2D eigenvalue weighted by molar-refractivity contribution is -0.0625. The fourth-order valence-corrected chi connectivity index (χ4v) is 4.03. The van der Waals surface area contributed by atoms with E-state index in [9.17, 15) is 5.11 Å². The van der Waals surface area contributed by atoms with Gasteiger partial charge >= 0.3 is 0 Å². The lowest BCUT2D eigenvalue weighted by atomic mass is 9.89. The van der Waals surface area contributed by atoms with Gasteiger partial charge < -0.3 is 14.4 Å². The summed E-state index contributed by atoms with van der Waals surface area (Å²) in [6, 6.07) is 10.3. The van der Waals surface area contributed by atoms with Crippen LogP contribution < -0.4 is 0 Å². The van der Waals surface area contributed by atoms with Crippen LogP contribution >= 0.6 is 0 Å². The number of ether oxygens (including phenoxy) is 1. The molecule has 6 nitrogen and oxygen atoms in total. The summed E-state index contributed by atoms with van der Waals surface area (Å²) >= 11 is 0. The molecular formula is C19H25N3O3. The third-order valence-corrected chi connectivity index (χ3v) is 5.38. The molecule has 2 fully saturated rings. The second kappa shape index (κ2) is 7.64. The van der Waals surface area contributed by atoms with Crippen LogP contribution in [0.15, 0.2) is 34.9 Å². The van der Waals surface area contributed by atoms with Crippen molar-refractivity contribution in [3.8, 4) is 11.4 Å². The highest BCUT2D eigenvalue weighted by Gasteiger charge is 2.37. The summed E-state index contributed by atoms with van der Waals surface area (Å²) in [6.07, 6.45) is 3.54. The van der Waals surface area contributed by atoms with Gasteiger partial charge in [-0.1, -0.05) is 35.5 Å². The molecule has 0 saturated carbocycles. The molecule has 134 valence electrons. The largest absolute Gasteiger partial charge is 0.393 e. The SMILES string of the molecule is O[C@@H]1CCOC[C@H]1[C@@H]1CCCN1CCc1nc(-c2ccccc2)no1. The van der Waals surface area contributed by atoms with E-state index < -0.39 is 0 Å². The first-order valence-corrected chi connectivity index (χ1v) is 9.19. The predicted molar refractivity (Wildman–Crippen MR) is 93.0 cm³/mol. The fourth-order valence-electron chi connectivity index (χ4n) is 4.03. The summed E-state index contributed by atoms with van der Waals surface area (Å²) in [5.41, 5.74) is 0.971. The summed E-state index contributed by atoms with van der Waals surface area (Å²) in [6.45, 7) is 3.29. The first kappa shape index (κ1) is 16.7. The van der Waals surface area contributed by atoms with Crippen molar-refractivity contribution in [3.05, 3.63) is 36.2 Å². The van der Waals surface area contributed by atoms with E-state index in [-0.39, 0.29) is 12.0 Å². The van der Waals surface area contributed by atoms with Crippen molar-refractivity contribution in [3.63, 3.8) is 0 Å². The van der Waals surface area contributed by atoms with Crippen LogP contribution in [0, 0.1) is 5.92 Å². The number of benzene rings is 1. The van der Waals surface area contributed by atoms with Gasteiger partial charge in [0.05, 0.1) is 12.7 Å². The minimum Gasteiger partial charge on any atom is -0.393 e. The van der Waals surface area contributed by atoms with E-state index in [0.717, 1.165) is 37.9 Å². The molecule has 1 N–H and O–H groups in total. The van der Waals surface area contributed by atoms with Crippen molar-refractivity contribution in [2.24, 2.45) is 5.92 Å². The highest BCUT2D eigenvalue weighted by molar-refractivity contribution is 5.53. The standard InChI is InChI=1S/C19H25N3O3/c23-17-9-12-24-13-15(17)16-7-4-10-22(16)11-8-18-20-19(21-25-18)14-5-2-1-3-6-14/h1-3,5-6,15-17,23H,4,7-13H2/t15-,16-,17+/m0/s1. The molecule has 3 heterocycles. The summed E-state index contributed by atoms with van der Waals surface area (Å²) < 4.78 is 11.0. The molecule has 0 unspecified atom stereocenters. The van der Waals surface area contributed by atoms with Gasteiger partial charge in [0.2, 0.25) is 11.7 Å². The number of rotatable bonds is 5. The first-order valence-electron chi connectivity index (χ1n) is 9.19. The minimum atomic E-state index is -0.243. The summed E-state index contributed by atoms with van der Waals surface area (Å²) in [5.74, 6) is 1.54. The van der Waals surface area contributed by atoms with E-state index in [0.29, 0.717) is 31.0 Å². The monoisotopic (exact) mass is 343 g/mol. The number of hydrogen-bond donors (Lipinski definition) is 1. The van der Waals surface area contributed by atoms with E-state index in [1.54, 1.807) is 0 Å². The topological polar surface area (TPSA) is 71.6 Å². The Morgan fingerprint density at radius 1 is 1.20 bits per heavy atom. The van der Waals surface area contributed by atoms with E-state index in [2.05, 4.69) is 15.0 Å². The summed E-state index contributed by atoms with van der Waals surface area (Å²) in [5, 5.41) is 14.4. The number of hydrogen-bond acceptors (Lipinski definition) is 6. The Labute approximate surface area is 147 Å². The Morgan fingerprint density at radius 3 is 2.92 bits per heavy atom. The average molecular weight is 343 g/mol. The smallest absolute Gasteiger partial charge is 0.228 e. The summed E-state index contributed by atoms with van der Waals surface area (Å²) in [4.78, 5) is 6.97. The summed E-state index contributed by atoms with van der Waals surface area (Å²) in [7, 11) is 0. The Balaban J connectivity index is 1.37. The molecule has 1 aromatic heterocycles. The molecule has 2 saturated heterocycles. The lowest BCUT2D eigenvalue weighted by Crippen LogP contribution is -2.46. The van der Waals surface area contributed by atoms with Crippen molar-refractivity contribution < 1.29 is 14.4 Å². The average Bonchev–Trinajstić information content (AvgIpc) is 3.30. The Kier molecular flexibility index (Phi) is 5.10. The Morgan fingerprint density at radius 2 is 2.08 bits per heavy atom. The number of aromatic nitrogens is 2. The highest BCUT2D eigenvalue weighted by Crippen LogP contribution is 2.30. The maximum absolute atomic E-state index is 10.3. The number of likely N-dealkylation sites (tertiary alicyclic amines) is 1.